The molecular weight excluding hydrogens is 312 g/mol. The van der Waals surface area contributed by atoms with Crippen molar-refractivity contribution in [2.45, 2.75) is 5.25 Å². The highest BCUT2D eigenvalue weighted by atomic mass is 32.2. The number of pyridine rings is 1. The van der Waals surface area contributed by atoms with E-state index in [0.29, 0.717) is 17.6 Å². The molecule has 1 aromatic heterocycles. The van der Waals surface area contributed by atoms with Crippen LogP contribution in [0.25, 0.3) is 0 Å². The lowest BCUT2D eigenvalue weighted by Gasteiger charge is -2.21. The van der Waals surface area contributed by atoms with E-state index in [1.165, 1.54) is 6.07 Å². The second kappa shape index (κ2) is 7.51. The van der Waals surface area contributed by atoms with Crippen molar-refractivity contribution >= 4 is 40.9 Å². The average molecular weight is 328 g/mol. The topological polar surface area (TPSA) is 97.2 Å². The first-order valence-electron chi connectivity index (χ1n) is 6.41. The van der Waals surface area contributed by atoms with E-state index in [2.05, 4.69) is 15.6 Å². The molecule has 1 saturated heterocycles. The van der Waals surface area contributed by atoms with Crippen molar-refractivity contribution in [3.05, 3.63) is 27.9 Å². The molecule has 1 amide bonds. The van der Waals surface area contributed by atoms with E-state index < -0.39 is 4.92 Å². The van der Waals surface area contributed by atoms with Crippen molar-refractivity contribution in [2.75, 3.05) is 36.2 Å². The molecule has 9 heteroatoms. The van der Waals surface area contributed by atoms with Crippen LogP contribution in [0.4, 0.5) is 11.5 Å². The van der Waals surface area contributed by atoms with Crippen LogP contribution in [0, 0.1) is 10.1 Å². The van der Waals surface area contributed by atoms with Crippen LogP contribution in [0.5, 0.6) is 0 Å². The third kappa shape index (κ3) is 4.24. The first-order chi connectivity index (χ1) is 10.1. The van der Waals surface area contributed by atoms with Gasteiger partial charge in [0.1, 0.15) is 12.0 Å². The lowest BCUT2D eigenvalue weighted by atomic mass is 10.2. The minimum absolute atomic E-state index is 0.193. The number of amides is 1. The Morgan fingerprint density at radius 1 is 1.57 bits per heavy atom. The number of nitrogens with one attached hydrogen (secondary N) is 2. The van der Waals surface area contributed by atoms with Crippen LogP contribution in [-0.4, -0.2) is 51.9 Å². The number of carbonyl (C=O) groups excluding carboxylic acids is 1. The van der Waals surface area contributed by atoms with Crippen LogP contribution in [0.15, 0.2) is 12.3 Å². The molecule has 2 rings (SSSR count). The van der Waals surface area contributed by atoms with Crippen molar-refractivity contribution in [2.24, 2.45) is 0 Å². The largest absolute Gasteiger partial charge is 0.372 e. The fourth-order valence-corrected chi connectivity index (χ4v) is 4.49. The van der Waals surface area contributed by atoms with Crippen LogP contribution in [-0.2, 0) is 0 Å². The van der Waals surface area contributed by atoms with E-state index in [0.717, 1.165) is 23.5 Å². The Labute approximate surface area is 130 Å². The molecule has 1 aliphatic rings. The quantitative estimate of drug-likeness (QED) is 0.626. The molecule has 0 aliphatic carbocycles. The van der Waals surface area contributed by atoms with E-state index in [1.807, 2.05) is 23.5 Å². The maximum absolute atomic E-state index is 12.2. The lowest BCUT2D eigenvalue weighted by molar-refractivity contribution is -0.385. The van der Waals surface area contributed by atoms with Crippen molar-refractivity contribution in [1.29, 1.82) is 0 Å². The fourth-order valence-electron chi connectivity index (χ4n) is 1.88. The Balaban J connectivity index is 2.06. The number of aromatic nitrogens is 1. The molecule has 1 aromatic rings. The summed E-state index contributed by atoms with van der Waals surface area (Å²) in [6.07, 6.45) is 1.14. The Morgan fingerprint density at radius 2 is 2.38 bits per heavy atom. The van der Waals surface area contributed by atoms with E-state index in [-0.39, 0.29) is 17.2 Å². The predicted molar refractivity (Wildman–Crippen MR) is 86.3 cm³/mol. The number of rotatable bonds is 5. The SMILES string of the molecule is CNc1ncc([N+](=O)[O-])cc1C(=O)NCC1CSCCS1. The van der Waals surface area contributed by atoms with Gasteiger partial charge in [-0.05, 0) is 0 Å². The zero-order valence-corrected chi connectivity index (χ0v) is 13.1. The van der Waals surface area contributed by atoms with Crippen molar-refractivity contribution in [3.63, 3.8) is 0 Å². The second-order valence-electron chi connectivity index (χ2n) is 4.37. The van der Waals surface area contributed by atoms with E-state index in [1.54, 1.807) is 7.05 Å². The van der Waals surface area contributed by atoms with Crippen LogP contribution < -0.4 is 10.6 Å². The van der Waals surface area contributed by atoms with Crippen molar-refractivity contribution in [3.8, 4) is 0 Å². The highest BCUT2D eigenvalue weighted by molar-refractivity contribution is 8.06. The molecule has 1 atom stereocenters. The maximum atomic E-state index is 12.2. The van der Waals surface area contributed by atoms with Crippen LogP contribution >= 0.6 is 23.5 Å². The molecule has 1 unspecified atom stereocenters. The summed E-state index contributed by atoms with van der Waals surface area (Å²) in [5, 5.41) is 16.8. The summed E-state index contributed by atoms with van der Waals surface area (Å²) in [6.45, 7) is 0.558. The Kier molecular flexibility index (Phi) is 5.68. The first-order valence-corrected chi connectivity index (χ1v) is 8.62. The van der Waals surface area contributed by atoms with Crippen molar-refractivity contribution in [1.82, 2.24) is 10.3 Å². The summed E-state index contributed by atoms with van der Waals surface area (Å²) in [4.78, 5) is 26.4. The molecule has 1 aliphatic heterocycles. The van der Waals surface area contributed by atoms with E-state index in [9.17, 15) is 14.9 Å². The summed E-state index contributed by atoms with van der Waals surface area (Å²) in [5.74, 6) is 3.24. The molecule has 2 heterocycles. The Morgan fingerprint density at radius 3 is 3.00 bits per heavy atom. The van der Waals surface area contributed by atoms with Gasteiger partial charge in [0.2, 0.25) is 0 Å². The minimum atomic E-state index is -0.559. The van der Waals surface area contributed by atoms with Gasteiger partial charge in [0.05, 0.1) is 10.5 Å². The highest BCUT2D eigenvalue weighted by Gasteiger charge is 2.20. The molecular formula is C12H16N4O3S2. The third-order valence-electron chi connectivity index (χ3n) is 2.94. The third-order valence-corrected chi connectivity index (χ3v) is 5.79. The maximum Gasteiger partial charge on any atom is 0.288 e. The fraction of sp³-hybridized carbons (Fsp3) is 0.500. The Hall–Kier alpha value is -1.48. The number of carbonyl (C=O) groups is 1. The zero-order chi connectivity index (χ0) is 15.2. The smallest absolute Gasteiger partial charge is 0.288 e. The van der Waals surface area contributed by atoms with Crippen LogP contribution in [0.1, 0.15) is 10.4 Å². The van der Waals surface area contributed by atoms with Crippen molar-refractivity contribution < 1.29 is 9.72 Å². The van der Waals surface area contributed by atoms with Gasteiger partial charge in [-0.3, -0.25) is 14.9 Å². The van der Waals surface area contributed by atoms with Gasteiger partial charge in [0.15, 0.2) is 0 Å². The van der Waals surface area contributed by atoms with Crippen LogP contribution in [0.2, 0.25) is 0 Å². The summed E-state index contributed by atoms with van der Waals surface area (Å²) in [6, 6.07) is 1.25. The minimum Gasteiger partial charge on any atom is -0.372 e. The van der Waals surface area contributed by atoms with Gasteiger partial charge >= 0.3 is 0 Å². The van der Waals surface area contributed by atoms with Gasteiger partial charge in [0, 0.05) is 42.2 Å². The van der Waals surface area contributed by atoms with Gasteiger partial charge in [-0.25, -0.2) is 4.98 Å². The van der Waals surface area contributed by atoms with E-state index in [4.69, 9.17) is 0 Å². The monoisotopic (exact) mass is 328 g/mol. The Bertz CT molecular complexity index is 535. The zero-order valence-electron chi connectivity index (χ0n) is 11.5. The summed E-state index contributed by atoms with van der Waals surface area (Å²) >= 11 is 3.72. The molecule has 7 nitrogen and oxygen atoms in total. The molecule has 2 N–H and O–H groups in total. The molecule has 0 radical (unpaired) electrons. The molecule has 114 valence electrons. The first kappa shape index (κ1) is 15.9. The molecule has 21 heavy (non-hydrogen) atoms. The van der Waals surface area contributed by atoms with E-state index >= 15 is 0 Å². The number of anilines is 1. The van der Waals surface area contributed by atoms with Gasteiger partial charge < -0.3 is 10.6 Å². The molecule has 0 saturated carbocycles. The molecule has 0 bridgehead atoms. The molecule has 0 spiro atoms. The number of thioether (sulfide) groups is 2. The van der Waals surface area contributed by atoms with Gasteiger partial charge in [-0.2, -0.15) is 23.5 Å². The predicted octanol–water partition coefficient (Wildman–Crippen LogP) is 1.61. The summed E-state index contributed by atoms with van der Waals surface area (Å²) in [5.41, 5.74) is 0.00177. The average Bonchev–Trinajstić information content (AvgIpc) is 2.52. The van der Waals surface area contributed by atoms with Crippen LogP contribution in [0.3, 0.4) is 0 Å². The second-order valence-corrected chi connectivity index (χ2v) is 6.93. The molecule has 0 aromatic carbocycles. The van der Waals surface area contributed by atoms with Gasteiger partial charge in [0.25, 0.3) is 11.6 Å². The number of hydrogen-bond donors (Lipinski definition) is 2. The standard InChI is InChI=1S/C12H16N4O3S2/c1-13-11-10(4-8(5-14-11)16(18)19)12(17)15-6-9-7-20-2-3-21-9/h4-5,9H,2-3,6-7H2,1H3,(H,13,14)(H,15,17). The van der Waals surface area contributed by atoms with Gasteiger partial charge in [-0.1, -0.05) is 0 Å². The highest BCUT2D eigenvalue weighted by Crippen LogP contribution is 2.24. The normalized spacial score (nSPS) is 18.0. The lowest BCUT2D eigenvalue weighted by Crippen LogP contribution is -2.33. The number of hydrogen-bond acceptors (Lipinski definition) is 7. The summed E-state index contributed by atoms with van der Waals surface area (Å²) in [7, 11) is 1.62. The summed E-state index contributed by atoms with van der Waals surface area (Å²) < 4.78 is 0. The molecule has 1 fully saturated rings. The van der Waals surface area contributed by atoms with Gasteiger partial charge in [-0.15, -0.1) is 0 Å². The number of nitro groups is 1. The number of nitrogens with zero attached hydrogens (tertiary/aromatic N) is 2.